The second kappa shape index (κ2) is 11.1. The smallest absolute Gasteiger partial charge is 0.332 e. The molecule has 2 heterocycles. The fourth-order valence-corrected chi connectivity index (χ4v) is 5.73. The largest absolute Gasteiger partial charge is 0.366 e. The molecule has 0 aliphatic carbocycles. The summed E-state index contributed by atoms with van der Waals surface area (Å²) >= 11 is 3.44. The number of benzene rings is 3. The van der Waals surface area contributed by atoms with Gasteiger partial charge in [0, 0.05) is 28.8 Å². The van der Waals surface area contributed by atoms with Crippen molar-refractivity contribution in [3.05, 3.63) is 106 Å². The lowest BCUT2D eigenvalue weighted by Crippen LogP contribution is -2.57. The molecule has 1 spiro atoms. The van der Waals surface area contributed by atoms with Gasteiger partial charge in [-0.2, -0.15) is 0 Å². The molecule has 38 heavy (non-hydrogen) atoms. The first kappa shape index (κ1) is 26.1. The van der Waals surface area contributed by atoms with E-state index in [2.05, 4.69) is 20.8 Å². The first-order valence-electron chi connectivity index (χ1n) is 12.8. The number of para-hydroxylation sites is 1. The summed E-state index contributed by atoms with van der Waals surface area (Å²) in [5, 5.41) is 0. The molecule has 4 amide bonds. The van der Waals surface area contributed by atoms with Crippen LogP contribution in [0, 0.1) is 6.42 Å². The van der Waals surface area contributed by atoms with Gasteiger partial charge in [0.2, 0.25) is 5.91 Å². The van der Waals surface area contributed by atoms with E-state index in [0.717, 1.165) is 34.3 Å². The maximum Gasteiger partial charge on any atom is 0.332 e. The molecule has 195 valence electrons. The number of anilines is 1. The number of piperidine rings is 1. The number of imide groups is 1. The first-order chi connectivity index (χ1) is 18.4. The Bertz CT molecular complexity index is 1320. The van der Waals surface area contributed by atoms with Gasteiger partial charge in [-0.3, -0.25) is 19.4 Å². The molecular weight excluding hydrogens is 544 g/mol. The lowest BCUT2D eigenvalue weighted by molar-refractivity contribution is -0.132. The molecule has 2 aliphatic rings. The van der Waals surface area contributed by atoms with Gasteiger partial charge >= 0.3 is 6.03 Å². The number of halogens is 1. The predicted molar refractivity (Wildman–Crippen MR) is 150 cm³/mol. The van der Waals surface area contributed by atoms with Gasteiger partial charge in [-0.15, -0.1) is 0 Å². The Morgan fingerprint density at radius 2 is 1.58 bits per heavy atom. The number of carbonyl (C=O) groups excluding carboxylic acids is 3. The number of amides is 4. The average Bonchev–Trinajstić information content (AvgIpc) is 3.12. The zero-order valence-electron chi connectivity index (χ0n) is 21.1. The van der Waals surface area contributed by atoms with Gasteiger partial charge in [0.05, 0.1) is 6.54 Å². The van der Waals surface area contributed by atoms with Crippen LogP contribution in [0.4, 0.5) is 10.5 Å². The van der Waals surface area contributed by atoms with Crippen LogP contribution >= 0.6 is 15.9 Å². The zero-order valence-corrected chi connectivity index (χ0v) is 22.6. The van der Waals surface area contributed by atoms with E-state index < -0.39 is 11.4 Å². The number of nitrogens with zero attached hydrogens (tertiary/aromatic N) is 3. The Hall–Kier alpha value is -3.49. The number of primary amides is 1. The number of rotatable bonds is 8. The maximum atomic E-state index is 13.9. The quantitative estimate of drug-likeness (QED) is 0.384. The van der Waals surface area contributed by atoms with E-state index >= 15 is 0 Å². The summed E-state index contributed by atoms with van der Waals surface area (Å²) in [6, 6.07) is 24.2. The van der Waals surface area contributed by atoms with E-state index in [1.165, 1.54) is 4.90 Å². The highest BCUT2D eigenvalue weighted by atomic mass is 79.9. The predicted octanol–water partition coefficient (Wildman–Crippen LogP) is 4.99. The normalized spacial score (nSPS) is 17.4. The molecule has 8 heteroatoms. The highest BCUT2D eigenvalue weighted by molar-refractivity contribution is 9.10. The van der Waals surface area contributed by atoms with Crippen LogP contribution in [-0.2, 0) is 11.3 Å². The monoisotopic (exact) mass is 573 g/mol. The van der Waals surface area contributed by atoms with Crippen molar-refractivity contribution in [1.82, 2.24) is 9.80 Å². The summed E-state index contributed by atoms with van der Waals surface area (Å²) in [6.45, 7) is 2.42. The van der Waals surface area contributed by atoms with Crippen molar-refractivity contribution in [2.24, 2.45) is 5.73 Å². The summed E-state index contributed by atoms with van der Waals surface area (Å²) in [7, 11) is 0. The standard InChI is InChI=1S/C30H30BrN4O3/c31-24-14-12-22(13-15-24)21-34-28(37)30(35(29(34)38)25-9-2-1-3-10-25)16-19-33(20-17-30)18-6-8-23-7-4-5-11-26(23)27(32)36/h1-5,7-15H,6,16-21H2,(H2,32,36). The summed E-state index contributed by atoms with van der Waals surface area (Å²) in [5.74, 6) is -0.564. The van der Waals surface area contributed by atoms with E-state index in [0.29, 0.717) is 31.5 Å². The van der Waals surface area contributed by atoms with Crippen molar-refractivity contribution >= 4 is 39.5 Å². The number of likely N-dealkylation sites (tertiary alicyclic amines) is 1. The fourth-order valence-electron chi connectivity index (χ4n) is 5.47. The Kier molecular flexibility index (Phi) is 7.63. The minimum atomic E-state index is -0.896. The Balaban J connectivity index is 1.30. The van der Waals surface area contributed by atoms with Gasteiger partial charge < -0.3 is 10.6 Å². The topological polar surface area (TPSA) is 87.0 Å². The second-order valence-corrected chi connectivity index (χ2v) is 10.7. The fraction of sp³-hybridized carbons (Fsp3) is 0.267. The van der Waals surface area contributed by atoms with E-state index in [4.69, 9.17) is 5.73 Å². The van der Waals surface area contributed by atoms with Crippen molar-refractivity contribution in [2.45, 2.75) is 31.3 Å². The molecule has 0 unspecified atom stereocenters. The van der Waals surface area contributed by atoms with Gasteiger partial charge in [-0.25, -0.2) is 4.79 Å². The van der Waals surface area contributed by atoms with Gasteiger partial charge in [-0.1, -0.05) is 64.5 Å². The van der Waals surface area contributed by atoms with Gasteiger partial charge in [0.1, 0.15) is 5.54 Å². The third-order valence-electron chi connectivity index (χ3n) is 7.48. The first-order valence-corrected chi connectivity index (χ1v) is 13.6. The molecule has 2 fully saturated rings. The SMILES string of the molecule is NC(=O)c1ccccc1[CH]CCN1CCC2(CC1)C(=O)N(Cc1ccc(Br)cc1)C(=O)N2c1ccccc1. The minimum absolute atomic E-state index is 0.129. The summed E-state index contributed by atoms with van der Waals surface area (Å²) < 4.78 is 0.949. The molecule has 5 rings (SSSR count). The van der Waals surface area contributed by atoms with Gasteiger partial charge in [0.15, 0.2) is 0 Å². The van der Waals surface area contributed by atoms with Gasteiger partial charge in [0.25, 0.3) is 5.91 Å². The zero-order chi connectivity index (χ0) is 26.7. The van der Waals surface area contributed by atoms with Crippen molar-refractivity contribution in [3.63, 3.8) is 0 Å². The number of urea groups is 1. The Morgan fingerprint density at radius 1 is 0.921 bits per heavy atom. The number of nitrogens with two attached hydrogens (primary N) is 1. The second-order valence-electron chi connectivity index (χ2n) is 9.79. The summed E-state index contributed by atoms with van der Waals surface area (Å²) in [4.78, 5) is 44.8. The van der Waals surface area contributed by atoms with Crippen LogP contribution in [-0.4, -0.2) is 52.8 Å². The highest BCUT2D eigenvalue weighted by Gasteiger charge is 2.58. The molecule has 2 N–H and O–H groups in total. The van der Waals surface area contributed by atoms with Crippen LogP contribution in [0.2, 0.25) is 0 Å². The third-order valence-corrected chi connectivity index (χ3v) is 8.01. The minimum Gasteiger partial charge on any atom is -0.366 e. The summed E-state index contributed by atoms with van der Waals surface area (Å²) in [6.07, 6.45) is 3.90. The molecule has 3 aromatic rings. The van der Waals surface area contributed by atoms with Crippen molar-refractivity contribution < 1.29 is 14.4 Å². The molecule has 0 atom stereocenters. The van der Waals surface area contributed by atoms with Crippen LogP contribution in [0.15, 0.2) is 83.3 Å². The molecule has 0 saturated carbocycles. The van der Waals surface area contributed by atoms with Crippen molar-refractivity contribution in [3.8, 4) is 0 Å². The van der Waals surface area contributed by atoms with E-state index in [1.54, 1.807) is 17.0 Å². The van der Waals surface area contributed by atoms with Crippen molar-refractivity contribution in [2.75, 3.05) is 24.5 Å². The number of carbonyl (C=O) groups is 3. The Morgan fingerprint density at radius 3 is 2.26 bits per heavy atom. The number of hydrogen-bond donors (Lipinski definition) is 1. The molecule has 0 bridgehead atoms. The third kappa shape index (κ3) is 5.11. The molecule has 1 radical (unpaired) electrons. The Labute approximate surface area is 231 Å². The van der Waals surface area contributed by atoms with Crippen LogP contribution in [0.1, 0.15) is 40.7 Å². The lowest BCUT2D eigenvalue weighted by Gasteiger charge is -2.42. The van der Waals surface area contributed by atoms with Crippen molar-refractivity contribution in [1.29, 1.82) is 0 Å². The molecule has 7 nitrogen and oxygen atoms in total. The molecule has 2 saturated heterocycles. The summed E-state index contributed by atoms with van der Waals surface area (Å²) in [5.41, 5.74) is 7.62. The van der Waals surface area contributed by atoms with Crippen LogP contribution in [0.3, 0.4) is 0 Å². The van der Waals surface area contributed by atoms with E-state index in [9.17, 15) is 14.4 Å². The van der Waals surface area contributed by atoms with E-state index in [1.807, 2.05) is 73.2 Å². The van der Waals surface area contributed by atoms with Gasteiger partial charge in [-0.05, 0) is 73.7 Å². The van der Waals surface area contributed by atoms with Crippen LogP contribution in [0.25, 0.3) is 0 Å². The van der Waals surface area contributed by atoms with Crippen LogP contribution in [0.5, 0.6) is 0 Å². The lowest BCUT2D eigenvalue weighted by atomic mass is 9.85. The molecule has 0 aromatic heterocycles. The number of hydrogen-bond acceptors (Lipinski definition) is 4. The average molecular weight is 574 g/mol. The molecular formula is C30H30BrN4O3. The maximum absolute atomic E-state index is 13.9. The van der Waals surface area contributed by atoms with E-state index in [-0.39, 0.29) is 18.5 Å². The molecule has 2 aliphatic heterocycles. The highest BCUT2D eigenvalue weighted by Crippen LogP contribution is 2.41. The molecule has 3 aromatic carbocycles. The van der Waals surface area contributed by atoms with Crippen LogP contribution < -0.4 is 10.6 Å².